The Morgan fingerprint density at radius 3 is 2.42 bits per heavy atom. The van der Waals surface area contributed by atoms with Gasteiger partial charge in [-0.15, -0.1) is 0 Å². The fourth-order valence-corrected chi connectivity index (χ4v) is 2.38. The molecule has 0 aromatic heterocycles. The van der Waals surface area contributed by atoms with Crippen LogP contribution in [0.1, 0.15) is 12.5 Å². The Morgan fingerprint density at radius 2 is 2.05 bits per heavy atom. The number of ether oxygens (including phenoxy) is 1. The molecule has 0 aliphatic heterocycles. The van der Waals surface area contributed by atoms with Crippen molar-refractivity contribution in [1.82, 2.24) is 0 Å². The van der Waals surface area contributed by atoms with Gasteiger partial charge in [-0.25, -0.2) is 8.42 Å². The van der Waals surface area contributed by atoms with Crippen molar-refractivity contribution in [2.45, 2.75) is 24.9 Å². The van der Waals surface area contributed by atoms with Crippen LogP contribution in [0.3, 0.4) is 0 Å². The van der Waals surface area contributed by atoms with Gasteiger partial charge in [0.1, 0.15) is 4.90 Å². The number of hydrogen-bond donors (Lipinski definition) is 0. The molecule has 0 heterocycles. The minimum atomic E-state index is -4.46. The molecule has 0 radical (unpaired) electrons. The number of nitro groups is 1. The van der Waals surface area contributed by atoms with Crippen LogP contribution in [-0.4, -0.2) is 20.0 Å². The second-order valence-corrected chi connectivity index (χ2v) is 5.90. The van der Waals surface area contributed by atoms with Gasteiger partial charge in [0.05, 0.1) is 4.92 Å². The van der Waals surface area contributed by atoms with E-state index in [2.05, 4.69) is 4.74 Å². The van der Waals surface area contributed by atoms with Crippen molar-refractivity contribution >= 4 is 25.4 Å². The SMILES string of the molecule is CCc1cc([N+](=O)[O-])c(OC(F)F)c(S(=O)(=O)Cl)c1. The molecule has 10 heteroatoms. The van der Waals surface area contributed by atoms with Crippen LogP contribution < -0.4 is 4.74 Å². The summed E-state index contributed by atoms with van der Waals surface area (Å²) in [5.41, 5.74) is -0.619. The van der Waals surface area contributed by atoms with Crippen LogP contribution in [0.25, 0.3) is 0 Å². The van der Waals surface area contributed by atoms with Crippen molar-refractivity contribution in [3.63, 3.8) is 0 Å². The second-order valence-electron chi connectivity index (χ2n) is 3.37. The lowest BCUT2D eigenvalue weighted by molar-refractivity contribution is -0.386. The highest BCUT2D eigenvalue weighted by atomic mass is 35.7. The van der Waals surface area contributed by atoms with Crippen molar-refractivity contribution in [1.29, 1.82) is 0 Å². The third-order valence-corrected chi connectivity index (χ3v) is 3.50. The summed E-state index contributed by atoms with van der Waals surface area (Å²) < 4.78 is 51.0. The summed E-state index contributed by atoms with van der Waals surface area (Å²) in [6.45, 7) is -1.81. The highest BCUT2D eigenvalue weighted by Gasteiger charge is 2.29. The van der Waals surface area contributed by atoms with E-state index in [0.717, 1.165) is 12.1 Å². The molecule has 0 saturated carbocycles. The molecule has 0 N–H and O–H groups in total. The summed E-state index contributed by atoms with van der Waals surface area (Å²) in [5, 5.41) is 10.8. The minimum absolute atomic E-state index is 0.257. The van der Waals surface area contributed by atoms with Crippen LogP contribution in [0.5, 0.6) is 5.75 Å². The molecule has 0 atom stereocenters. The van der Waals surface area contributed by atoms with E-state index in [9.17, 15) is 27.3 Å². The lowest BCUT2D eigenvalue weighted by atomic mass is 10.1. The number of alkyl halides is 2. The van der Waals surface area contributed by atoms with E-state index in [1.807, 2.05) is 0 Å². The average molecular weight is 316 g/mol. The van der Waals surface area contributed by atoms with E-state index in [1.165, 1.54) is 0 Å². The molecule has 0 aliphatic carbocycles. The lowest BCUT2D eigenvalue weighted by Gasteiger charge is -2.10. The Bertz CT molecular complexity index is 605. The number of hydrogen-bond acceptors (Lipinski definition) is 5. The van der Waals surface area contributed by atoms with Crippen LogP contribution in [0.2, 0.25) is 0 Å². The summed E-state index contributed by atoms with van der Waals surface area (Å²) in [4.78, 5) is 8.94. The Kier molecular flexibility index (Phi) is 4.64. The Labute approximate surface area is 111 Å². The van der Waals surface area contributed by atoms with Gasteiger partial charge in [0.25, 0.3) is 9.05 Å². The molecule has 0 amide bonds. The Hall–Kier alpha value is -1.48. The fraction of sp³-hybridized carbons (Fsp3) is 0.333. The molecule has 0 bridgehead atoms. The highest BCUT2D eigenvalue weighted by molar-refractivity contribution is 8.13. The zero-order chi connectivity index (χ0) is 14.8. The first-order chi connectivity index (χ1) is 8.66. The highest BCUT2D eigenvalue weighted by Crippen LogP contribution is 2.38. The van der Waals surface area contributed by atoms with E-state index >= 15 is 0 Å². The van der Waals surface area contributed by atoms with Crippen molar-refractivity contribution in [2.24, 2.45) is 0 Å². The first-order valence-electron chi connectivity index (χ1n) is 4.87. The van der Waals surface area contributed by atoms with Crippen LogP contribution >= 0.6 is 10.7 Å². The lowest BCUT2D eigenvalue weighted by Crippen LogP contribution is -2.09. The predicted octanol–water partition coefficient (Wildman–Crippen LogP) is 2.69. The normalized spacial score (nSPS) is 11.6. The molecule has 0 fully saturated rings. The van der Waals surface area contributed by atoms with E-state index in [1.54, 1.807) is 6.92 Å². The molecule has 0 unspecified atom stereocenters. The van der Waals surface area contributed by atoms with Gasteiger partial charge < -0.3 is 4.74 Å². The van der Waals surface area contributed by atoms with Crippen LogP contribution in [0.4, 0.5) is 14.5 Å². The van der Waals surface area contributed by atoms with Crippen molar-refractivity contribution in [3.05, 3.63) is 27.8 Å². The summed E-state index contributed by atoms with van der Waals surface area (Å²) in [6.07, 6.45) is 0.259. The van der Waals surface area contributed by atoms with Gasteiger partial charge in [0, 0.05) is 16.7 Å². The fourth-order valence-electron chi connectivity index (χ4n) is 1.37. The molecule has 1 aromatic rings. The zero-order valence-electron chi connectivity index (χ0n) is 9.47. The van der Waals surface area contributed by atoms with Crippen LogP contribution in [-0.2, 0) is 15.5 Å². The Morgan fingerprint density at radius 1 is 1.47 bits per heavy atom. The third-order valence-electron chi connectivity index (χ3n) is 2.17. The number of nitro benzene ring substituents is 1. The number of rotatable bonds is 5. The molecule has 1 aromatic carbocycles. The van der Waals surface area contributed by atoms with Gasteiger partial charge in [-0.3, -0.25) is 10.1 Å². The predicted molar refractivity (Wildman–Crippen MR) is 62.1 cm³/mol. The number of benzene rings is 1. The Balaban J connectivity index is 3.66. The van der Waals surface area contributed by atoms with E-state index in [4.69, 9.17) is 10.7 Å². The molecule has 106 valence electrons. The number of nitrogens with zero attached hydrogens (tertiary/aromatic N) is 1. The molecule has 6 nitrogen and oxygen atoms in total. The largest absolute Gasteiger partial charge is 0.426 e. The summed E-state index contributed by atoms with van der Waals surface area (Å²) in [7, 11) is 0.619. The van der Waals surface area contributed by atoms with Crippen molar-refractivity contribution < 1.29 is 26.9 Å². The van der Waals surface area contributed by atoms with Crippen LogP contribution in [0.15, 0.2) is 17.0 Å². The van der Waals surface area contributed by atoms with Gasteiger partial charge in [-0.1, -0.05) is 6.92 Å². The quantitative estimate of drug-likeness (QED) is 0.473. The van der Waals surface area contributed by atoms with Crippen LogP contribution in [0, 0.1) is 10.1 Å². The minimum Gasteiger partial charge on any atom is -0.426 e. The molecule has 0 spiro atoms. The van der Waals surface area contributed by atoms with Gasteiger partial charge in [0.15, 0.2) is 0 Å². The van der Waals surface area contributed by atoms with Gasteiger partial charge in [0.2, 0.25) is 5.75 Å². The summed E-state index contributed by atoms with van der Waals surface area (Å²) >= 11 is 0. The average Bonchev–Trinajstić information content (AvgIpc) is 2.26. The number of aryl methyl sites for hydroxylation is 1. The molecular weight excluding hydrogens is 308 g/mol. The molecule has 0 aliphatic rings. The summed E-state index contributed by atoms with van der Waals surface area (Å²) in [6, 6.07) is 1.93. The first-order valence-corrected chi connectivity index (χ1v) is 7.18. The molecule has 0 saturated heterocycles. The van der Waals surface area contributed by atoms with Gasteiger partial charge in [-0.2, -0.15) is 8.78 Å². The maximum absolute atomic E-state index is 12.2. The second kappa shape index (κ2) is 5.66. The maximum atomic E-state index is 12.2. The van der Waals surface area contributed by atoms with Crippen molar-refractivity contribution in [3.8, 4) is 5.75 Å². The smallest absolute Gasteiger partial charge is 0.387 e. The van der Waals surface area contributed by atoms with E-state index in [-0.39, 0.29) is 12.0 Å². The topological polar surface area (TPSA) is 86.5 Å². The third kappa shape index (κ3) is 3.74. The molecular formula is C9H8ClF2NO5S. The first kappa shape index (κ1) is 15.6. The van der Waals surface area contributed by atoms with E-state index < -0.39 is 36.9 Å². The van der Waals surface area contributed by atoms with Gasteiger partial charge >= 0.3 is 12.3 Å². The van der Waals surface area contributed by atoms with Gasteiger partial charge in [-0.05, 0) is 18.1 Å². The zero-order valence-corrected chi connectivity index (χ0v) is 11.0. The molecule has 19 heavy (non-hydrogen) atoms. The van der Waals surface area contributed by atoms with E-state index in [0.29, 0.717) is 0 Å². The maximum Gasteiger partial charge on any atom is 0.387 e. The van der Waals surface area contributed by atoms with Crippen molar-refractivity contribution in [2.75, 3.05) is 0 Å². The summed E-state index contributed by atoms with van der Waals surface area (Å²) in [5.74, 6) is -1.06. The monoisotopic (exact) mass is 315 g/mol. The number of halogens is 3. The standard InChI is InChI=1S/C9H8ClF2NO5S/c1-2-5-3-6(13(14)15)8(18-9(11)12)7(4-5)19(10,16)17/h3-4,9H,2H2,1H3. The molecule has 1 rings (SSSR count).